The van der Waals surface area contributed by atoms with Crippen LogP contribution in [0.1, 0.15) is 23.7 Å². The van der Waals surface area contributed by atoms with E-state index in [1.165, 1.54) is 16.9 Å². The lowest BCUT2D eigenvalue weighted by molar-refractivity contribution is -0.0317. The van der Waals surface area contributed by atoms with Crippen LogP contribution in [-0.4, -0.2) is 91.6 Å². The topological polar surface area (TPSA) is 89.8 Å². The van der Waals surface area contributed by atoms with Crippen LogP contribution in [-0.2, 0) is 22.4 Å². The zero-order valence-electron chi connectivity index (χ0n) is 22.4. The number of hydrogen-bond acceptors (Lipinski definition) is 9. The van der Waals surface area contributed by atoms with Gasteiger partial charge in [0.15, 0.2) is 0 Å². The van der Waals surface area contributed by atoms with E-state index in [1.807, 2.05) is 12.1 Å². The molecule has 0 radical (unpaired) electrons. The maximum absolute atomic E-state index is 9.56. The molecule has 0 saturated carbocycles. The Morgan fingerprint density at radius 1 is 1.15 bits per heavy atom. The first-order valence-corrected chi connectivity index (χ1v) is 14.1. The number of pyridine rings is 2. The molecule has 4 atom stereocenters. The van der Waals surface area contributed by atoms with Crippen molar-refractivity contribution >= 4 is 22.3 Å². The van der Waals surface area contributed by atoms with E-state index >= 15 is 0 Å². The maximum atomic E-state index is 9.56. The van der Waals surface area contributed by atoms with Gasteiger partial charge in [-0.2, -0.15) is 5.26 Å². The number of morpholine rings is 2. The number of likely N-dealkylation sites (tertiary alicyclic amines) is 1. The van der Waals surface area contributed by atoms with Gasteiger partial charge in [0.05, 0.1) is 59.6 Å². The minimum absolute atomic E-state index is 0.0858. The van der Waals surface area contributed by atoms with E-state index < -0.39 is 0 Å². The Labute approximate surface area is 229 Å². The standard InChI is InChI=1S/C30H35N7O2/c1-20-15-36(27-5-4-22(12-31)30-25(27)3-2-7-33-30)17-24(39-20)16-35-18-28-29(19-35)38-10-9-37(28)23-11-21-6-8-32-14-26(21)34-13-23/h2-5,7,11,13,20,24,28-29,32H,6,8-10,14-19H2,1H3/t20?,24?,28?,29-/m1/s1. The first-order chi connectivity index (χ1) is 19.2. The summed E-state index contributed by atoms with van der Waals surface area (Å²) in [5, 5.41) is 14.0. The monoisotopic (exact) mass is 525 g/mol. The molecular weight excluding hydrogens is 490 g/mol. The summed E-state index contributed by atoms with van der Waals surface area (Å²) in [6.45, 7) is 10.0. The molecule has 7 rings (SSSR count). The fourth-order valence-corrected chi connectivity index (χ4v) is 6.88. The summed E-state index contributed by atoms with van der Waals surface area (Å²) >= 11 is 0. The number of anilines is 2. The molecule has 1 N–H and O–H groups in total. The number of nitrogens with zero attached hydrogens (tertiary/aromatic N) is 6. The van der Waals surface area contributed by atoms with Gasteiger partial charge in [0.1, 0.15) is 6.07 Å². The molecule has 0 amide bonds. The van der Waals surface area contributed by atoms with Gasteiger partial charge in [-0.15, -0.1) is 0 Å². The molecule has 0 bridgehead atoms. The summed E-state index contributed by atoms with van der Waals surface area (Å²) < 4.78 is 12.7. The normalized spacial score (nSPS) is 27.3. The van der Waals surface area contributed by atoms with E-state index in [2.05, 4.69) is 62.4 Å². The molecule has 202 valence electrons. The Kier molecular flexibility index (Phi) is 6.57. The SMILES string of the molecule is CC1CN(c2ccc(C#N)c3ncccc23)CC(CN2CC3[C@@H](C2)OCCN3c2cnc3c(c2)CCNC3)O1. The lowest BCUT2D eigenvalue weighted by atomic mass is 10.0. The number of hydrogen-bond donors (Lipinski definition) is 1. The Balaban J connectivity index is 1.07. The predicted octanol–water partition coefficient (Wildman–Crippen LogP) is 2.33. The van der Waals surface area contributed by atoms with Crippen molar-refractivity contribution in [2.75, 3.05) is 62.2 Å². The summed E-state index contributed by atoms with van der Waals surface area (Å²) in [5.74, 6) is 0. The van der Waals surface area contributed by atoms with E-state index in [0.29, 0.717) is 11.6 Å². The molecule has 3 saturated heterocycles. The smallest absolute Gasteiger partial charge is 0.101 e. The first-order valence-electron chi connectivity index (χ1n) is 14.1. The van der Waals surface area contributed by atoms with Gasteiger partial charge in [-0.05, 0) is 55.8 Å². The Bertz CT molecular complexity index is 1410. The van der Waals surface area contributed by atoms with Gasteiger partial charge in [-0.25, -0.2) is 0 Å². The molecule has 2 aromatic heterocycles. The molecule has 39 heavy (non-hydrogen) atoms. The van der Waals surface area contributed by atoms with Crippen LogP contribution < -0.4 is 15.1 Å². The minimum atomic E-state index is 0.0858. The van der Waals surface area contributed by atoms with Crippen molar-refractivity contribution in [3.8, 4) is 6.07 Å². The second kappa shape index (κ2) is 10.4. The number of rotatable bonds is 4. The summed E-state index contributed by atoms with van der Waals surface area (Å²) in [7, 11) is 0. The minimum Gasteiger partial charge on any atom is -0.373 e. The van der Waals surface area contributed by atoms with Crippen LogP contribution in [0, 0.1) is 11.3 Å². The van der Waals surface area contributed by atoms with Crippen LogP contribution in [0.5, 0.6) is 0 Å². The van der Waals surface area contributed by atoms with Crippen LogP contribution in [0.4, 0.5) is 11.4 Å². The second-order valence-corrected chi connectivity index (χ2v) is 11.2. The molecule has 3 aromatic rings. The molecule has 9 heteroatoms. The van der Waals surface area contributed by atoms with Crippen molar-refractivity contribution in [1.82, 2.24) is 20.2 Å². The van der Waals surface area contributed by atoms with Crippen molar-refractivity contribution in [3.05, 3.63) is 59.5 Å². The third-order valence-corrected chi connectivity index (χ3v) is 8.61. The number of fused-ring (bicyclic) bond motifs is 3. The van der Waals surface area contributed by atoms with Crippen LogP contribution >= 0.6 is 0 Å². The van der Waals surface area contributed by atoms with Crippen molar-refractivity contribution in [1.29, 1.82) is 5.26 Å². The largest absolute Gasteiger partial charge is 0.373 e. The molecule has 3 fully saturated rings. The average molecular weight is 526 g/mol. The van der Waals surface area contributed by atoms with E-state index in [9.17, 15) is 5.26 Å². The quantitative estimate of drug-likeness (QED) is 0.551. The Hall–Kier alpha value is -3.29. The Morgan fingerprint density at radius 3 is 3.03 bits per heavy atom. The van der Waals surface area contributed by atoms with E-state index in [0.717, 1.165) is 82.0 Å². The third-order valence-electron chi connectivity index (χ3n) is 8.61. The third kappa shape index (κ3) is 4.72. The van der Waals surface area contributed by atoms with Crippen molar-refractivity contribution in [2.24, 2.45) is 0 Å². The van der Waals surface area contributed by atoms with Crippen LogP contribution in [0.2, 0.25) is 0 Å². The Morgan fingerprint density at radius 2 is 2.10 bits per heavy atom. The van der Waals surface area contributed by atoms with Crippen LogP contribution in [0.25, 0.3) is 10.9 Å². The molecule has 9 nitrogen and oxygen atoms in total. The van der Waals surface area contributed by atoms with E-state index in [4.69, 9.17) is 14.5 Å². The van der Waals surface area contributed by atoms with Gasteiger partial charge >= 0.3 is 0 Å². The van der Waals surface area contributed by atoms with Gasteiger partial charge in [-0.3, -0.25) is 14.9 Å². The molecule has 1 aromatic carbocycles. The predicted molar refractivity (Wildman–Crippen MR) is 150 cm³/mol. The van der Waals surface area contributed by atoms with Gasteiger partial charge in [0, 0.05) is 63.1 Å². The van der Waals surface area contributed by atoms with Crippen LogP contribution in [0.15, 0.2) is 42.7 Å². The van der Waals surface area contributed by atoms with Gasteiger partial charge < -0.3 is 24.6 Å². The van der Waals surface area contributed by atoms with Crippen LogP contribution in [0.3, 0.4) is 0 Å². The summed E-state index contributed by atoms with van der Waals surface area (Å²) in [5.41, 5.74) is 6.29. The number of benzene rings is 1. The molecule has 0 aliphatic carbocycles. The second-order valence-electron chi connectivity index (χ2n) is 11.2. The fourth-order valence-electron chi connectivity index (χ4n) is 6.88. The number of aromatic nitrogens is 2. The van der Waals surface area contributed by atoms with E-state index in [1.54, 1.807) is 6.20 Å². The van der Waals surface area contributed by atoms with Gasteiger partial charge in [0.25, 0.3) is 0 Å². The molecular formula is C30H35N7O2. The number of nitrogens with one attached hydrogen (secondary N) is 1. The molecule has 6 heterocycles. The first kappa shape index (κ1) is 24.7. The number of ether oxygens (including phenoxy) is 2. The highest BCUT2D eigenvalue weighted by atomic mass is 16.5. The zero-order chi connectivity index (χ0) is 26.3. The average Bonchev–Trinajstić information content (AvgIpc) is 3.38. The molecule has 4 aliphatic heterocycles. The van der Waals surface area contributed by atoms with Crippen molar-refractivity contribution in [3.63, 3.8) is 0 Å². The maximum Gasteiger partial charge on any atom is 0.101 e. The lowest BCUT2D eigenvalue weighted by Crippen LogP contribution is -2.51. The van der Waals surface area contributed by atoms with Gasteiger partial charge in [0.2, 0.25) is 0 Å². The van der Waals surface area contributed by atoms with Crippen molar-refractivity contribution in [2.45, 2.75) is 44.2 Å². The fraction of sp³-hybridized carbons (Fsp3) is 0.500. The van der Waals surface area contributed by atoms with Crippen molar-refractivity contribution < 1.29 is 9.47 Å². The summed E-state index contributed by atoms with van der Waals surface area (Å²) in [6.07, 6.45) is 5.24. The van der Waals surface area contributed by atoms with Gasteiger partial charge in [-0.1, -0.05) is 0 Å². The highest BCUT2D eigenvalue weighted by Crippen LogP contribution is 2.32. The zero-order valence-corrected chi connectivity index (χ0v) is 22.4. The molecule has 0 spiro atoms. The lowest BCUT2D eigenvalue weighted by Gasteiger charge is -2.40. The molecule has 4 aliphatic rings. The molecule has 3 unspecified atom stereocenters. The summed E-state index contributed by atoms with van der Waals surface area (Å²) in [6, 6.07) is 12.9. The number of nitriles is 1. The summed E-state index contributed by atoms with van der Waals surface area (Å²) in [4.78, 5) is 16.8. The highest BCUT2D eigenvalue weighted by Gasteiger charge is 2.42. The van der Waals surface area contributed by atoms with E-state index in [-0.39, 0.29) is 18.3 Å². The highest BCUT2D eigenvalue weighted by molar-refractivity contribution is 5.95.